The largest absolute Gasteiger partial charge is 0.508 e. The van der Waals surface area contributed by atoms with Crippen molar-refractivity contribution in [3.8, 4) is 11.5 Å². The van der Waals surface area contributed by atoms with Crippen LogP contribution in [0.4, 0.5) is 0 Å². The average Bonchev–Trinajstić information content (AvgIpc) is 2.61. The van der Waals surface area contributed by atoms with Crippen LogP contribution in [0.15, 0.2) is 54.6 Å². The Morgan fingerprint density at radius 3 is 1.55 bits per heavy atom. The van der Waals surface area contributed by atoms with E-state index in [9.17, 15) is 23.2 Å². The molecule has 3 rings (SSSR count). The molecule has 0 spiro atoms. The molecule has 0 fully saturated rings. The Bertz CT molecular complexity index is 1120. The van der Waals surface area contributed by atoms with Gasteiger partial charge in [-0.15, -0.1) is 0 Å². The Kier molecular flexibility index (Phi) is 5.98. The standard InChI is InChI=1S/C19H12Cl4O5S/c20-11-8-7-10(9-14(11)23)19(29(26,27)28,17-12(21)3-1-5-15(17)24)18-13(22)4-2-6-16(18)25/h1-9,24-25H,(H,26,27,28). The van der Waals surface area contributed by atoms with Gasteiger partial charge in [-0.05, 0) is 42.0 Å². The van der Waals surface area contributed by atoms with Crippen LogP contribution >= 0.6 is 46.4 Å². The number of hydrogen-bond acceptors (Lipinski definition) is 4. The first-order valence-corrected chi connectivity index (χ1v) is 10.9. The predicted molar refractivity (Wildman–Crippen MR) is 114 cm³/mol. The molecule has 0 unspecified atom stereocenters. The van der Waals surface area contributed by atoms with Gasteiger partial charge in [0.15, 0.2) is 4.75 Å². The smallest absolute Gasteiger partial charge is 0.283 e. The van der Waals surface area contributed by atoms with Gasteiger partial charge in [-0.3, -0.25) is 4.55 Å². The Balaban J connectivity index is 2.68. The highest BCUT2D eigenvalue weighted by Crippen LogP contribution is 2.54. The number of benzene rings is 3. The number of hydrogen-bond donors (Lipinski definition) is 3. The van der Waals surface area contributed by atoms with Crippen LogP contribution in [0.2, 0.25) is 20.1 Å². The van der Waals surface area contributed by atoms with Crippen molar-refractivity contribution >= 4 is 56.5 Å². The van der Waals surface area contributed by atoms with Crippen LogP contribution in [0.25, 0.3) is 0 Å². The minimum Gasteiger partial charge on any atom is -0.508 e. The lowest BCUT2D eigenvalue weighted by molar-refractivity contribution is 0.428. The van der Waals surface area contributed by atoms with Crippen LogP contribution in [-0.4, -0.2) is 23.2 Å². The molecular weight excluding hydrogens is 482 g/mol. The van der Waals surface area contributed by atoms with Crippen molar-refractivity contribution in [2.24, 2.45) is 0 Å². The summed E-state index contributed by atoms with van der Waals surface area (Å²) in [6, 6.07) is 11.6. The monoisotopic (exact) mass is 492 g/mol. The molecule has 0 bridgehead atoms. The molecular formula is C19H12Cl4O5S. The SMILES string of the molecule is O=S(=O)(O)C(c1ccc(Cl)c(Cl)c1)(c1c(O)cccc1Cl)c1c(O)cccc1Cl. The van der Waals surface area contributed by atoms with E-state index in [0.29, 0.717) is 0 Å². The minimum absolute atomic E-state index is 0.0321. The topological polar surface area (TPSA) is 94.8 Å². The van der Waals surface area contributed by atoms with Gasteiger partial charge in [-0.1, -0.05) is 64.6 Å². The molecule has 5 nitrogen and oxygen atoms in total. The Labute approximate surface area is 186 Å². The summed E-state index contributed by atoms with van der Waals surface area (Å²) < 4.78 is 33.9. The molecule has 0 heterocycles. The second kappa shape index (κ2) is 7.87. The highest BCUT2D eigenvalue weighted by Gasteiger charge is 2.54. The molecule has 0 saturated heterocycles. The first kappa shape index (κ1) is 22.0. The van der Waals surface area contributed by atoms with E-state index < -0.39 is 37.5 Å². The van der Waals surface area contributed by atoms with Crippen molar-refractivity contribution in [1.29, 1.82) is 0 Å². The summed E-state index contributed by atoms with van der Waals surface area (Å²) in [5, 5.41) is 20.8. The van der Waals surface area contributed by atoms with Crippen molar-refractivity contribution in [2.45, 2.75) is 4.75 Å². The minimum atomic E-state index is -5.20. The lowest BCUT2D eigenvalue weighted by Gasteiger charge is -2.34. The summed E-state index contributed by atoms with van der Waals surface area (Å²) in [6.07, 6.45) is 0. The van der Waals surface area contributed by atoms with E-state index in [1.165, 1.54) is 54.6 Å². The second-order valence-electron chi connectivity index (χ2n) is 6.05. The third-order valence-electron chi connectivity index (χ3n) is 4.40. The molecule has 0 amide bonds. The molecule has 0 aliphatic carbocycles. The molecule has 3 aromatic rings. The van der Waals surface area contributed by atoms with E-state index in [1.54, 1.807) is 0 Å². The summed E-state index contributed by atoms with van der Waals surface area (Å²) >= 11 is 24.6. The summed E-state index contributed by atoms with van der Waals surface area (Å²) in [5.74, 6) is -1.11. The van der Waals surface area contributed by atoms with Gasteiger partial charge in [0.1, 0.15) is 11.5 Å². The van der Waals surface area contributed by atoms with E-state index in [4.69, 9.17) is 46.4 Å². The number of phenols is 2. The van der Waals surface area contributed by atoms with Crippen molar-refractivity contribution < 1.29 is 23.2 Å². The fraction of sp³-hybridized carbons (Fsp3) is 0.0526. The highest BCUT2D eigenvalue weighted by atomic mass is 35.5. The van der Waals surface area contributed by atoms with Crippen molar-refractivity contribution in [1.82, 2.24) is 0 Å². The normalized spacial score (nSPS) is 12.2. The van der Waals surface area contributed by atoms with Gasteiger partial charge >= 0.3 is 0 Å². The molecule has 0 aromatic heterocycles. The van der Waals surface area contributed by atoms with Gasteiger partial charge in [0.25, 0.3) is 10.1 Å². The molecule has 3 N–H and O–H groups in total. The third-order valence-corrected chi connectivity index (χ3v) is 7.19. The van der Waals surface area contributed by atoms with Crippen molar-refractivity contribution in [3.05, 3.63) is 91.4 Å². The fourth-order valence-electron chi connectivity index (χ4n) is 3.26. The molecule has 10 heteroatoms. The van der Waals surface area contributed by atoms with Crippen molar-refractivity contribution in [2.75, 3.05) is 0 Å². The Morgan fingerprint density at radius 2 is 1.17 bits per heavy atom. The quantitative estimate of drug-likeness (QED) is 0.311. The van der Waals surface area contributed by atoms with E-state index in [1.807, 2.05) is 0 Å². The van der Waals surface area contributed by atoms with Crippen LogP contribution in [0.1, 0.15) is 16.7 Å². The maximum atomic E-state index is 13.0. The highest BCUT2D eigenvalue weighted by molar-refractivity contribution is 7.87. The van der Waals surface area contributed by atoms with Crippen LogP contribution in [0, 0.1) is 0 Å². The number of phenolic OH excluding ortho intramolecular Hbond substituents is 2. The van der Waals surface area contributed by atoms with E-state index >= 15 is 0 Å². The van der Waals surface area contributed by atoms with Crippen LogP contribution in [-0.2, 0) is 14.9 Å². The summed E-state index contributed by atoms with van der Waals surface area (Å²) in [5.41, 5.74) is -0.974. The van der Waals surface area contributed by atoms with Gasteiger partial charge in [-0.2, -0.15) is 8.42 Å². The number of aromatic hydroxyl groups is 2. The van der Waals surface area contributed by atoms with Crippen molar-refractivity contribution in [3.63, 3.8) is 0 Å². The summed E-state index contributed by atoms with van der Waals surface area (Å²) in [6.45, 7) is 0. The number of rotatable bonds is 4. The summed E-state index contributed by atoms with van der Waals surface area (Å²) in [7, 11) is -5.20. The molecule has 3 aromatic carbocycles. The van der Waals surface area contributed by atoms with Gasteiger partial charge in [-0.25, -0.2) is 0 Å². The Morgan fingerprint density at radius 1 is 0.690 bits per heavy atom. The molecule has 152 valence electrons. The van der Waals surface area contributed by atoms with Crippen LogP contribution in [0.3, 0.4) is 0 Å². The van der Waals surface area contributed by atoms with Crippen LogP contribution < -0.4 is 0 Å². The molecule has 0 aliphatic rings. The average molecular weight is 494 g/mol. The third kappa shape index (κ3) is 3.54. The lowest BCUT2D eigenvalue weighted by atomic mass is 9.82. The predicted octanol–water partition coefficient (Wildman–Crippen LogP) is 5.89. The van der Waals surface area contributed by atoms with Gasteiger partial charge in [0.2, 0.25) is 0 Å². The maximum absolute atomic E-state index is 13.0. The second-order valence-corrected chi connectivity index (χ2v) is 9.24. The lowest BCUT2D eigenvalue weighted by Crippen LogP contribution is -2.39. The number of halogens is 4. The maximum Gasteiger partial charge on any atom is 0.283 e. The molecule has 0 saturated carbocycles. The molecule has 0 atom stereocenters. The molecule has 0 radical (unpaired) electrons. The van der Waals surface area contributed by atoms with Gasteiger partial charge in [0, 0.05) is 21.2 Å². The summed E-state index contributed by atoms with van der Waals surface area (Å²) in [4.78, 5) is 0. The van der Waals surface area contributed by atoms with E-state index in [-0.39, 0.29) is 25.7 Å². The zero-order valence-electron chi connectivity index (χ0n) is 14.3. The Hall–Kier alpha value is -1.67. The first-order chi connectivity index (χ1) is 13.5. The van der Waals surface area contributed by atoms with E-state index in [0.717, 1.165) is 0 Å². The fourth-order valence-corrected chi connectivity index (χ4v) is 5.66. The van der Waals surface area contributed by atoms with Crippen LogP contribution in [0.5, 0.6) is 11.5 Å². The van der Waals surface area contributed by atoms with Gasteiger partial charge in [0.05, 0.1) is 10.0 Å². The zero-order valence-corrected chi connectivity index (χ0v) is 18.1. The molecule has 29 heavy (non-hydrogen) atoms. The first-order valence-electron chi connectivity index (χ1n) is 7.90. The van der Waals surface area contributed by atoms with E-state index in [2.05, 4.69) is 0 Å². The van der Waals surface area contributed by atoms with Gasteiger partial charge < -0.3 is 10.2 Å². The zero-order chi connectivity index (χ0) is 21.6. The molecule has 0 aliphatic heterocycles.